The third-order valence-electron chi connectivity index (χ3n) is 4.01. The van der Waals surface area contributed by atoms with E-state index in [1.54, 1.807) is 6.20 Å². The number of aromatic nitrogens is 1. The van der Waals surface area contributed by atoms with E-state index in [-0.39, 0.29) is 5.91 Å². The predicted octanol–water partition coefficient (Wildman–Crippen LogP) is 0.554. The lowest BCUT2D eigenvalue weighted by Crippen LogP contribution is -2.39. The molecular weight excluding hydrogens is 278 g/mol. The van der Waals surface area contributed by atoms with Gasteiger partial charge in [-0.3, -0.25) is 9.69 Å². The topological polar surface area (TPSA) is 60.5 Å². The summed E-state index contributed by atoms with van der Waals surface area (Å²) >= 11 is 0. The van der Waals surface area contributed by atoms with Gasteiger partial charge in [-0.15, -0.1) is 0 Å². The number of carbonyl (C=O) groups is 1. The van der Waals surface area contributed by atoms with Gasteiger partial charge in [0.25, 0.3) is 0 Å². The van der Waals surface area contributed by atoms with Gasteiger partial charge in [-0.1, -0.05) is 0 Å². The normalized spacial score (nSPS) is 18.6. The monoisotopic (exact) mass is 305 g/mol. The van der Waals surface area contributed by atoms with Crippen LogP contribution in [0.5, 0.6) is 0 Å². The molecule has 2 rings (SSSR count). The van der Waals surface area contributed by atoms with Crippen molar-refractivity contribution in [3.8, 4) is 0 Å². The number of likely N-dealkylation sites (tertiary alicyclic amines) is 1. The Morgan fingerprint density at radius 2 is 2.27 bits per heavy atom. The number of nitrogens with zero attached hydrogens (tertiary/aromatic N) is 3. The molecule has 22 heavy (non-hydrogen) atoms. The Kier molecular flexibility index (Phi) is 6.15. The van der Waals surface area contributed by atoms with Crippen molar-refractivity contribution in [3.63, 3.8) is 0 Å². The molecule has 6 heteroatoms. The van der Waals surface area contributed by atoms with Crippen molar-refractivity contribution in [1.82, 2.24) is 20.1 Å². The third kappa shape index (κ3) is 5.27. The molecule has 0 saturated carbocycles. The number of anilines is 1. The number of carbonyl (C=O) groups excluding carboxylic acids is 1. The van der Waals surface area contributed by atoms with E-state index in [4.69, 9.17) is 0 Å². The van der Waals surface area contributed by atoms with Crippen LogP contribution in [-0.2, 0) is 4.79 Å². The molecule has 1 amide bonds. The van der Waals surface area contributed by atoms with E-state index in [1.165, 1.54) is 5.56 Å². The van der Waals surface area contributed by atoms with Crippen molar-refractivity contribution in [2.24, 2.45) is 0 Å². The summed E-state index contributed by atoms with van der Waals surface area (Å²) in [7, 11) is 4.19. The minimum absolute atomic E-state index is 0.0957. The number of hydrogen-bond acceptors (Lipinski definition) is 5. The van der Waals surface area contributed by atoms with Gasteiger partial charge in [0, 0.05) is 38.4 Å². The molecule has 1 atom stereocenters. The standard InChI is InChI=1S/C16H27N5O/c1-13-4-6-17-15(10-13)18-7-8-19-16(22)12-21-9-5-14(11-21)20(2)3/h4,6,10,14H,5,7-9,11-12H2,1-3H3,(H,17,18)(H,19,22)/t14-/m1/s1. The summed E-state index contributed by atoms with van der Waals surface area (Å²) in [5, 5.41) is 6.16. The fraction of sp³-hybridized carbons (Fsp3) is 0.625. The average Bonchev–Trinajstić information content (AvgIpc) is 2.92. The van der Waals surface area contributed by atoms with Crippen molar-refractivity contribution in [2.45, 2.75) is 19.4 Å². The smallest absolute Gasteiger partial charge is 0.234 e. The lowest BCUT2D eigenvalue weighted by Gasteiger charge is -2.20. The zero-order valence-electron chi connectivity index (χ0n) is 13.8. The van der Waals surface area contributed by atoms with Gasteiger partial charge >= 0.3 is 0 Å². The van der Waals surface area contributed by atoms with Crippen LogP contribution in [0.25, 0.3) is 0 Å². The van der Waals surface area contributed by atoms with Gasteiger partial charge in [-0.25, -0.2) is 4.98 Å². The zero-order chi connectivity index (χ0) is 15.9. The number of aryl methyl sites for hydroxylation is 1. The molecular formula is C16H27N5O. The minimum atomic E-state index is 0.0957. The molecule has 0 unspecified atom stereocenters. The maximum absolute atomic E-state index is 11.9. The SMILES string of the molecule is Cc1ccnc(NCCNC(=O)CN2CC[C@@H](N(C)C)C2)c1. The molecule has 0 bridgehead atoms. The Morgan fingerprint density at radius 3 is 2.95 bits per heavy atom. The molecule has 1 fully saturated rings. The van der Waals surface area contributed by atoms with Gasteiger partial charge < -0.3 is 15.5 Å². The van der Waals surface area contributed by atoms with E-state index in [0.717, 1.165) is 25.3 Å². The van der Waals surface area contributed by atoms with Crippen molar-refractivity contribution < 1.29 is 4.79 Å². The van der Waals surface area contributed by atoms with Gasteiger partial charge in [0.15, 0.2) is 0 Å². The van der Waals surface area contributed by atoms with E-state index < -0.39 is 0 Å². The Hall–Kier alpha value is -1.66. The molecule has 1 aliphatic rings. The van der Waals surface area contributed by atoms with Gasteiger partial charge in [0.05, 0.1) is 6.54 Å². The molecule has 2 N–H and O–H groups in total. The minimum Gasteiger partial charge on any atom is -0.368 e. The van der Waals surface area contributed by atoms with E-state index in [1.807, 2.05) is 19.1 Å². The van der Waals surface area contributed by atoms with Gasteiger partial charge in [-0.2, -0.15) is 0 Å². The molecule has 122 valence electrons. The maximum atomic E-state index is 11.9. The highest BCUT2D eigenvalue weighted by Crippen LogP contribution is 2.12. The summed E-state index contributed by atoms with van der Waals surface area (Å²) in [4.78, 5) is 20.6. The third-order valence-corrected chi connectivity index (χ3v) is 4.01. The summed E-state index contributed by atoms with van der Waals surface area (Å²) in [6, 6.07) is 4.53. The highest BCUT2D eigenvalue weighted by atomic mass is 16.2. The summed E-state index contributed by atoms with van der Waals surface area (Å²) in [5.74, 6) is 0.945. The molecule has 2 heterocycles. The predicted molar refractivity (Wildman–Crippen MR) is 89.0 cm³/mol. The second-order valence-electron chi connectivity index (χ2n) is 6.14. The number of pyridine rings is 1. The van der Waals surface area contributed by atoms with Crippen LogP contribution in [-0.4, -0.2) is 73.6 Å². The van der Waals surface area contributed by atoms with Gasteiger partial charge in [0.1, 0.15) is 5.82 Å². The Morgan fingerprint density at radius 1 is 1.45 bits per heavy atom. The molecule has 1 aromatic heterocycles. The Balaban J connectivity index is 1.60. The number of rotatable bonds is 7. The number of hydrogen-bond donors (Lipinski definition) is 2. The molecule has 1 saturated heterocycles. The largest absolute Gasteiger partial charge is 0.368 e. The quantitative estimate of drug-likeness (QED) is 0.721. The van der Waals surface area contributed by atoms with E-state index >= 15 is 0 Å². The van der Waals surface area contributed by atoms with Crippen LogP contribution in [0.3, 0.4) is 0 Å². The first-order valence-corrected chi connectivity index (χ1v) is 7.86. The fourth-order valence-electron chi connectivity index (χ4n) is 2.66. The van der Waals surface area contributed by atoms with Crippen molar-refractivity contribution >= 4 is 11.7 Å². The van der Waals surface area contributed by atoms with E-state index in [9.17, 15) is 4.79 Å². The number of likely N-dealkylation sites (N-methyl/N-ethyl adjacent to an activating group) is 1. The summed E-state index contributed by atoms with van der Waals surface area (Å²) in [6.07, 6.45) is 2.92. The average molecular weight is 305 g/mol. The molecule has 1 aliphatic heterocycles. The second-order valence-corrected chi connectivity index (χ2v) is 6.14. The first-order chi connectivity index (χ1) is 10.5. The lowest BCUT2D eigenvalue weighted by atomic mass is 10.2. The number of nitrogens with one attached hydrogen (secondary N) is 2. The summed E-state index contributed by atoms with van der Waals surface area (Å²) < 4.78 is 0. The molecule has 6 nitrogen and oxygen atoms in total. The molecule has 0 spiro atoms. The van der Waals surface area contributed by atoms with Gasteiger partial charge in [0.2, 0.25) is 5.91 Å². The van der Waals surface area contributed by atoms with E-state index in [2.05, 4.69) is 39.5 Å². The van der Waals surface area contributed by atoms with Crippen LogP contribution >= 0.6 is 0 Å². The van der Waals surface area contributed by atoms with Crippen LogP contribution < -0.4 is 10.6 Å². The molecule has 0 aliphatic carbocycles. The first-order valence-electron chi connectivity index (χ1n) is 7.86. The lowest BCUT2D eigenvalue weighted by molar-refractivity contribution is -0.121. The summed E-state index contributed by atoms with van der Waals surface area (Å²) in [6.45, 7) is 5.80. The zero-order valence-corrected chi connectivity index (χ0v) is 13.8. The molecule has 1 aromatic rings. The van der Waals surface area contributed by atoms with Crippen LogP contribution in [0.1, 0.15) is 12.0 Å². The second kappa shape index (κ2) is 8.10. The van der Waals surface area contributed by atoms with Crippen molar-refractivity contribution in [1.29, 1.82) is 0 Å². The highest BCUT2D eigenvalue weighted by Gasteiger charge is 2.24. The fourth-order valence-corrected chi connectivity index (χ4v) is 2.66. The first kappa shape index (κ1) is 16.7. The van der Waals surface area contributed by atoms with Crippen LogP contribution in [0.4, 0.5) is 5.82 Å². The molecule has 0 aromatic carbocycles. The number of amides is 1. The van der Waals surface area contributed by atoms with Crippen LogP contribution in [0, 0.1) is 6.92 Å². The molecule has 0 radical (unpaired) electrons. The Bertz CT molecular complexity index is 491. The van der Waals surface area contributed by atoms with E-state index in [0.29, 0.717) is 25.7 Å². The van der Waals surface area contributed by atoms with Gasteiger partial charge in [-0.05, 0) is 45.1 Å². The van der Waals surface area contributed by atoms with Crippen LogP contribution in [0.15, 0.2) is 18.3 Å². The van der Waals surface area contributed by atoms with Crippen molar-refractivity contribution in [2.75, 3.05) is 52.1 Å². The summed E-state index contributed by atoms with van der Waals surface area (Å²) in [5.41, 5.74) is 1.17. The van der Waals surface area contributed by atoms with Crippen LogP contribution in [0.2, 0.25) is 0 Å². The Labute approximate surface area is 132 Å². The highest BCUT2D eigenvalue weighted by molar-refractivity contribution is 5.78. The maximum Gasteiger partial charge on any atom is 0.234 e. The van der Waals surface area contributed by atoms with Crippen molar-refractivity contribution in [3.05, 3.63) is 23.9 Å².